The number of amides is 1. The molecule has 1 atom stereocenters. The third-order valence-corrected chi connectivity index (χ3v) is 7.72. The van der Waals surface area contributed by atoms with Gasteiger partial charge >= 0.3 is 10.2 Å². The number of nitrogens with zero attached hydrogens (tertiary/aromatic N) is 2. The molecule has 1 N–H and O–H groups in total. The molecule has 0 aromatic heterocycles. The Balaban J connectivity index is 1.81. The Labute approximate surface area is 186 Å². The highest BCUT2D eigenvalue weighted by molar-refractivity contribution is 7.90. The third-order valence-electron chi connectivity index (χ3n) is 5.91. The number of anilines is 1. The molecule has 2 aromatic rings. The van der Waals surface area contributed by atoms with Gasteiger partial charge in [-0.05, 0) is 80.3 Å². The van der Waals surface area contributed by atoms with E-state index in [-0.39, 0.29) is 18.5 Å². The monoisotopic (exact) mass is 443 g/mol. The fraction of sp³-hybridized carbons (Fsp3) is 0.458. The standard InChI is InChI=1S/C24H33N3O3S/c1-17-10-11-18(2)23(14-17)27(31(29,30)26(4)5)16-24(28)25-19(3)21-13-12-20-8-6-7-9-22(20)15-21/h10-15,19H,6-9,16H2,1-5H3,(H,25,28). The highest BCUT2D eigenvalue weighted by Gasteiger charge is 2.29. The summed E-state index contributed by atoms with van der Waals surface area (Å²) in [7, 11) is -0.886. The maximum Gasteiger partial charge on any atom is 0.304 e. The molecule has 0 saturated carbocycles. The van der Waals surface area contributed by atoms with Crippen molar-refractivity contribution in [2.45, 2.75) is 52.5 Å². The van der Waals surface area contributed by atoms with Crippen molar-refractivity contribution in [3.63, 3.8) is 0 Å². The Bertz CT molecular complexity index is 1060. The van der Waals surface area contributed by atoms with Crippen LogP contribution in [0.1, 0.15) is 53.6 Å². The van der Waals surface area contributed by atoms with Crippen LogP contribution in [-0.2, 0) is 27.8 Å². The highest BCUT2D eigenvalue weighted by atomic mass is 32.2. The Morgan fingerprint density at radius 2 is 1.71 bits per heavy atom. The Morgan fingerprint density at radius 3 is 2.39 bits per heavy atom. The first-order valence-electron chi connectivity index (χ1n) is 10.8. The van der Waals surface area contributed by atoms with Crippen molar-refractivity contribution in [2.75, 3.05) is 24.9 Å². The fourth-order valence-corrected chi connectivity index (χ4v) is 5.12. The molecule has 1 unspecified atom stereocenters. The number of benzene rings is 2. The van der Waals surface area contributed by atoms with E-state index in [0.29, 0.717) is 5.69 Å². The van der Waals surface area contributed by atoms with E-state index in [4.69, 9.17) is 0 Å². The van der Waals surface area contributed by atoms with Gasteiger partial charge in [0.2, 0.25) is 5.91 Å². The average molecular weight is 444 g/mol. The number of fused-ring (bicyclic) bond motifs is 1. The van der Waals surface area contributed by atoms with Crippen LogP contribution in [0, 0.1) is 13.8 Å². The third kappa shape index (κ3) is 5.28. The van der Waals surface area contributed by atoms with Gasteiger partial charge in [-0.2, -0.15) is 12.7 Å². The van der Waals surface area contributed by atoms with Crippen LogP contribution in [0.25, 0.3) is 0 Å². The minimum absolute atomic E-state index is 0.206. The van der Waals surface area contributed by atoms with Gasteiger partial charge in [-0.3, -0.25) is 4.79 Å². The zero-order valence-corrected chi connectivity index (χ0v) is 19.9. The second kappa shape index (κ2) is 9.40. The summed E-state index contributed by atoms with van der Waals surface area (Å²) in [6, 6.07) is 11.8. The van der Waals surface area contributed by atoms with Gasteiger partial charge in [-0.25, -0.2) is 4.31 Å². The van der Waals surface area contributed by atoms with Crippen LogP contribution >= 0.6 is 0 Å². The molecular weight excluding hydrogens is 410 g/mol. The summed E-state index contributed by atoms with van der Waals surface area (Å²) in [5, 5.41) is 2.98. The average Bonchev–Trinajstić information content (AvgIpc) is 2.73. The van der Waals surface area contributed by atoms with Crippen molar-refractivity contribution >= 4 is 21.8 Å². The summed E-state index contributed by atoms with van der Waals surface area (Å²) in [4.78, 5) is 12.9. The van der Waals surface area contributed by atoms with Crippen molar-refractivity contribution in [1.82, 2.24) is 9.62 Å². The molecule has 3 rings (SSSR count). The van der Waals surface area contributed by atoms with Crippen LogP contribution in [-0.4, -0.2) is 39.3 Å². The van der Waals surface area contributed by atoms with E-state index in [9.17, 15) is 13.2 Å². The molecule has 2 aromatic carbocycles. The summed E-state index contributed by atoms with van der Waals surface area (Å²) < 4.78 is 28.4. The molecule has 6 nitrogen and oxygen atoms in total. The molecule has 1 amide bonds. The van der Waals surface area contributed by atoms with Crippen molar-refractivity contribution in [3.05, 3.63) is 64.2 Å². The van der Waals surface area contributed by atoms with Crippen LogP contribution in [0.2, 0.25) is 0 Å². The zero-order chi connectivity index (χ0) is 22.8. The lowest BCUT2D eigenvalue weighted by atomic mass is 9.89. The van der Waals surface area contributed by atoms with Crippen molar-refractivity contribution in [1.29, 1.82) is 0 Å². The van der Waals surface area contributed by atoms with Gasteiger partial charge < -0.3 is 5.32 Å². The van der Waals surface area contributed by atoms with Crippen LogP contribution < -0.4 is 9.62 Å². The maximum absolute atomic E-state index is 13.0. The molecule has 0 saturated heterocycles. The number of hydrogen-bond donors (Lipinski definition) is 1. The lowest BCUT2D eigenvalue weighted by molar-refractivity contribution is -0.120. The summed E-state index contributed by atoms with van der Waals surface area (Å²) in [5.74, 6) is -0.337. The molecule has 0 bridgehead atoms. The van der Waals surface area contributed by atoms with Crippen LogP contribution in [0.4, 0.5) is 5.69 Å². The molecule has 0 heterocycles. The number of nitrogens with one attached hydrogen (secondary N) is 1. The van der Waals surface area contributed by atoms with E-state index >= 15 is 0 Å². The molecule has 31 heavy (non-hydrogen) atoms. The zero-order valence-electron chi connectivity index (χ0n) is 19.1. The van der Waals surface area contributed by atoms with Gasteiger partial charge in [0.1, 0.15) is 6.54 Å². The Kier molecular flexibility index (Phi) is 7.06. The van der Waals surface area contributed by atoms with Gasteiger partial charge in [0.15, 0.2) is 0 Å². The molecule has 1 aliphatic rings. The van der Waals surface area contributed by atoms with Crippen LogP contribution in [0.3, 0.4) is 0 Å². The van der Waals surface area contributed by atoms with Gasteiger partial charge in [-0.15, -0.1) is 0 Å². The first kappa shape index (κ1) is 23.3. The second-order valence-corrected chi connectivity index (χ2v) is 10.7. The minimum Gasteiger partial charge on any atom is -0.348 e. The quantitative estimate of drug-likeness (QED) is 0.710. The van der Waals surface area contributed by atoms with E-state index in [1.165, 1.54) is 42.4 Å². The summed E-state index contributed by atoms with van der Waals surface area (Å²) in [6.07, 6.45) is 4.62. The normalized spacial score (nSPS) is 14.8. The lowest BCUT2D eigenvalue weighted by Gasteiger charge is -2.29. The number of rotatable bonds is 7. The van der Waals surface area contributed by atoms with Crippen LogP contribution in [0.15, 0.2) is 36.4 Å². The lowest BCUT2D eigenvalue weighted by Crippen LogP contribution is -2.46. The Morgan fingerprint density at radius 1 is 1.03 bits per heavy atom. The van der Waals surface area contributed by atoms with E-state index in [0.717, 1.165) is 33.8 Å². The van der Waals surface area contributed by atoms with E-state index < -0.39 is 10.2 Å². The predicted molar refractivity (Wildman–Crippen MR) is 126 cm³/mol. The van der Waals surface area contributed by atoms with E-state index in [1.807, 2.05) is 32.9 Å². The number of carbonyl (C=O) groups excluding carboxylic acids is 1. The molecule has 0 spiro atoms. The molecule has 7 heteroatoms. The van der Waals surface area contributed by atoms with E-state index in [1.54, 1.807) is 6.07 Å². The molecule has 0 radical (unpaired) electrons. The van der Waals surface area contributed by atoms with Gasteiger partial charge in [0.25, 0.3) is 0 Å². The first-order chi connectivity index (χ1) is 14.6. The molecule has 1 aliphatic carbocycles. The topological polar surface area (TPSA) is 69.7 Å². The SMILES string of the molecule is Cc1ccc(C)c(N(CC(=O)NC(C)c2ccc3c(c2)CCCC3)S(=O)(=O)N(C)C)c1. The van der Waals surface area contributed by atoms with Crippen molar-refractivity contribution in [3.8, 4) is 0 Å². The molecule has 0 aliphatic heterocycles. The van der Waals surface area contributed by atoms with Gasteiger partial charge in [-0.1, -0.05) is 30.3 Å². The fourth-order valence-electron chi connectivity index (χ4n) is 4.00. The largest absolute Gasteiger partial charge is 0.348 e. The first-order valence-corrected chi connectivity index (χ1v) is 12.2. The number of aryl methyl sites for hydroxylation is 4. The Hall–Kier alpha value is -2.38. The minimum atomic E-state index is -3.83. The number of hydrogen-bond acceptors (Lipinski definition) is 3. The van der Waals surface area contributed by atoms with Crippen molar-refractivity contribution < 1.29 is 13.2 Å². The second-order valence-electron chi connectivity index (χ2n) is 8.61. The molecular formula is C24H33N3O3S. The molecule has 168 valence electrons. The molecule has 0 fully saturated rings. The van der Waals surface area contributed by atoms with Crippen LogP contribution in [0.5, 0.6) is 0 Å². The predicted octanol–water partition coefficient (Wildman–Crippen LogP) is 3.67. The highest BCUT2D eigenvalue weighted by Crippen LogP contribution is 2.26. The van der Waals surface area contributed by atoms with E-state index in [2.05, 4.69) is 23.5 Å². The number of carbonyl (C=O) groups is 1. The van der Waals surface area contributed by atoms with Gasteiger partial charge in [0.05, 0.1) is 11.7 Å². The summed E-state index contributed by atoms with van der Waals surface area (Å²) in [5.41, 5.74) is 6.05. The van der Waals surface area contributed by atoms with Gasteiger partial charge in [0, 0.05) is 14.1 Å². The summed E-state index contributed by atoms with van der Waals surface area (Å²) in [6.45, 7) is 5.41. The maximum atomic E-state index is 13.0. The van der Waals surface area contributed by atoms with Crippen molar-refractivity contribution in [2.24, 2.45) is 0 Å². The summed E-state index contributed by atoms with van der Waals surface area (Å²) >= 11 is 0. The smallest absolute Gasteiger partial charge is 0.304 e.